The third kappa shape index (κ3) is 4.21. The van der Waals surface area contributed by atoms with Crippen molar-refractivity contribution in [1.29, 1.82) is 0 Å². The van der Waals surface area contributed by atoms with Crippen LogP contribution in [-0.4, -0.2) is 34.3 Å². The van der Waals surface area contributed by atoms with Crippen LogP contribution in [0.3, 0.4) is 0 Å². The molecule has 2 aromatic carbocycles. The van der Waals surface area contributed by atoms with Gasteiger partial charge in [0.15, 0.2) is 17.2 Å². The molecule has 1 atom stereocenters. The van der Waals surface area contributed by atoms with E-state index < -0.39 is 0 Å². The molecule has 3 rings (SSSR count). The van der Waals surface area contributed by atoms with Crippen molar-refractivity contribution in [3.63, 3.8) is 0 Å². The van der Waals surface area contributed by atoms with Crippen LogP contribution in [-0.2, 0) is 11.2 Å². The molecule has 0 spiro atoms. The van der Waals surface area contributed by atoms with Gasteiger partial charge in [0, 0.05) is 5.56 Å². The first-order chi connectivity index (χ1) is 15.0. The van der Waals surface area contributed by atoms with Crippen LogP contribution in [0.1, 0.15) is 30.5 Å². The number of carbonyl (C=O) groups is 1. The number of amides is 1. The number of hydrogen-bond acceptors (Lipinski definition) is 6. The lowest BCUT2D eigenvalue weighted by atomic mass is 9.95. The fourth-order valence-corrected chi connectivity index (χ4v) is 3.99. The van der Waals surface area contributed by atoms with Crippen LogP contribution in [0.4, 0.5) is 0 Å². The summed E-state index contributed by atoms with van der Waals surface area (Å²) in [6, 6.07) is 6.52. The first-order valence-electron chi connectivity index (χ1n) is 9.96. The van der Waals surface area contributed by atoms with E-state index in [1.807, 2.05) is 12.1 Å². The van der Waals surface area contributed by atoms with Crippen molar-refractivity contribution in [3.05, 3.63) is 57.8 Å². The van der Waals surface area contributed by atoms with E-state index in [1.165, 1.54) is 19.3 Å². The molecule has 7 nitrogen and oxygen atoms in total. The molecule has 0 fully saturated rings. The number of hydrogen-bond donors (Lipinski definition) is 1. The van der Waals surface area contributed by atoms with Gasteiger partial charge in [-0.15, -0.1) is 0 Å². The average molecular weight is 425 g/mol. The number of nitrogens with one attached hydrogen (secondary N) is 1. The molecule has 0 heterocycles. The van der Waals surface area contributed by atoms with E-state index in [4.69, 9.17) is 18.9 Å². The summed E-state index contributed by atoms with van der Waals surface area (Å²) in [7, 11) is 6.14. The molecule has 0 bridgehead atoms. The van der Waals surface area contributed by atoms with Gasteiger partial charge in [-0.05, 0) is 60.7 Å². The Hall–Kier alpha value is -3.48. The number of ether oxygens (including phenoxy) is 4. The number of methoxy groups -OCH3 is 4. The first-order valence-corrected chi connectivity index (χ1v) is 9.96. The van der Waals surface area contributed by atoms with Crippen molar-refractivity contribution in [2.75, 3.05) is 28.4 Å². The zero-order valence-corrected chi connectivity index (χ0v) is 18.4. The van der Waals surface area contributed by atoms with Gasteiger partial charge in [0.2, 0.25) is 17.1 Å². The van der Waals surface area contributed by atoms with E-state index in [-0.39, 0.29) is 23.1 Å². The highest BCUT2D eigenvalue weighted by atomic mass is 16.5. The molecule has 1 N–H and O–H groups in total. The summed E-state index contributed by atoms with van der Waals surface area (Å²) >= 11 is 0. The van der Waals surface area contributed by atoms with Crippen LogP contribution >= 0.6 is 0 Å². The summed E-state index contributed by atoms with van der Waals surface area (Å²) in [5.74, 6) is 1.52. The highest BCUT2D eigenvalue weighted by molar-refractivity contribution is 5.88. The normalized spacial score (nSPS) is 14.8. The fourth-order valence-electron chi connectivity index (χ4n) is 3.99. The van der Waals surface area contributed by atoms with Crippen LogP contribution in [0.5, 0.6) is 23.0 Å². The molecular weight excluding hydrogens is 398 g/mol. The van der Waals surface area contributed by atoms with Gasteiger partial charge >= 0.3 is 0 Å². The summed E-state index contributed by atoms with van der Waals surface area (Å²) < 4.78 is 22.1. The van der Waals surface area contributed by atoms with E-state index in [2.05, 4.69) is 5.32 Å². The summed E-state index contributed by atoms with van der Waals surface area (Å²) in [5.41, 5.74) is 2.95. The van der Waals surface area contributed by atoms with Crippen LogP contribution in [0.2, 0.25) is 0 Å². The maximum absolute atomic E-state index is 12.8. The predicted octanol–water partition coefficient (Wildman–Crippen LogP) is 3.43. The molecule has 1 aliphatic carbocycles. The molecular formula is C24H27NO6. The molecule has 1 amide bonds. The molecule has 0 saturated heterocycles. The Balaban J connectivity index is 2.36. The number of fused-ring (bicyclic) bond motifs is 3. The molecule has 164 valence electrons. The van der Waals surface area contributed by atoms with Crippen LogP contribution in [0, 0.1) is 0 Å². The zero-order valence-electron chi connectivity index (χ0n) is 18.4. The highest BCUT2D eigenvalue weighted by Gasteiger charge is 2.29. The first kappa shape index (κ1) is 22.2. The molecule has 31 heavy (non-hydrogen) atoms. The Morgan fingerprint density at radius 3 is 2.32 bits per heavy atom. The van der Waals surface area contributed by atoms with Gasteiger partial charge in [0.05, 0.1) is 34.5 Å². The number of benzene rings is 1. The zero-order chi connectivity index (χ0) is 22.5. The number of aryl methyl sites for hydroxylation is 1. The smallest absolute Gasteiger partial charge is 0.244 e. The van der Waals surface area contributed by atoms with E-state index in [0.29, 0.717) is 35.7 Å². The van der Waals surface area contributed by atoms with Crippen molar-refractivity contribution in [1.82, 2.24) is 5.32 Å². The Labute approximate surface area is 181 Å². The number of allylic oxidation sites excluding steroid dienone is 1. The highest BCUT2D eigenvalue weighted by Crippen LogP contribution is 2.50. The third-order valence-corrected chi connectivity index (χ3v) is 5.36. The molecule has 1 aliphatic rings. The number of rotatable bonds is 6. The monoisotopic (exact) mass is 425 g/mol. The SMILES string of the molecule is C/C=C/C(=O)N[C@H]1CCc2cc(OC)c(OC)c(OC)c2-c2ccc(OC)c(=O)cc21. The lowest BCUT2D eigenvalue weighted by Crippen LogP contribution is -2.27. The van der Waals surface area contributed by atoms with Gasteiger partial charge in [-0.3, -0.25) is 9.59 Å². The molecule has 0 saturated carbocycles. The van der Waals surface area contributed by atoms with Gasteiger partial charge in [-0.1, -0.05) is 12.1 Å². The van der Waals surface area contributed by atoms with Crippen molar-refractivity contribution in [2.45, 2.75) is 25.8 Å². The Morgan fingerprint density at radius 2 is 1.71 bits per heavy atom. The minimum absolute atomic E-state index is 0.215. The molecule has 0 aliphatic heterocycles. The lowest BCUT2D eigenvalue weighted by Gasteiger charge is -2.19. The van der Waals surface area contributed by atoms with Crippen LogP contribution < -0.4 is 29.7 Å². The van der Waals surface area contributed by atoms with E-state index in [1.54, 1.807) is 40.4 Å². The molecule has 0 aromatic heterocycles. The van der Waals surface area contributed by atoms with Gasteiger partial charge in [-0.25, -0.2) is 0 Å². The average Bonchev–Trinajstić information content (AvgIpc) is 3.01. The molecule has 0 radical (unpaired) electrons. The molecule has 7 heteroatoms. The second kappa shape index (κ2) is 9.55. The van der Waals surface area contributed by atoms with Crippen molar-refractivity contribution < 1.29 is 23.7 Å². The lowest BCUT2D eigenvalue weighted by molar-refractivity contribution is -0.117. The van der Waals surface area contributed by atoms with E-state index in [0.717, 1.165) is 16.7 Å². The third-order valence-electron chi connectivity index (χ3n) is 5.36. The van der Waals surface area contributed by atoms with Crippen LogP contribution in [0.15, 0.2) is 41.2 Å². The summed E-state index contributed by atoms with van der Waals surface area (Å²) in [4.78, 5) is 25.1. The quantitative estimate of drug-likeness (QED) is 0.714. The van der Waals surface area contributed by atoms with Crippen molar-refractivity contribution in [2.24, 2.45) is 0 Å². The number of carbonyl (C=O) groups excluding carboxylic acids is 1. The Bertz CT molecular complexity index is 1080. The standard InChI is InChI=1S/C24H27NO6/c1-6-7-21(27)25-17-10-8-14-12-20(29-3)23(30-4)24(31-5)22(14)15-9-11-19(28-2)18(26)13-16(15)17/h6-7,9,11-13,17H,8,10H2,1-5H3,(H,25,27)/b7-6+/t17-/m0/s1. The summed E-state index contributed by atoms with van der Waals surface area (Å²) in [6.45, 7) is 1.78. The van der Waals surface area contributed by atoms with Crippen molar-refractivity contribution in [3.8, 4) is 34.1 Å². The van der Waals surface area contributed by atoms with Crippen molar-refractivity contribution >= 4 is 5.91 Å². The Kier molecular flexibility index (Phi) is 6.84. The summed E-state index contributed by atoms with van der Waals surface area (Å²) in [6.07, 6.45) is 4.36. The van der Waals surface area contributed by atoms with Gasteiger partial charge in [-0.2, -0.15) is 0 Å². The minimum atomic E-state index is -0.377. The van der Waals surface area contributed by atoms with Gasteiger partial charge < -0.3 is 24.3 Å². The van der Waals surface area contributed by atoms with E-state index in [9.17, 15) is 9.59 Å². The maximum Gasteiger partial charge on any atom is 0.244 e. The molecule has 2 aromatic rings. The van der Waals surface area contributed by atoms with Gasteiger partial charge in [0.1, 0.15) is 0 Å². The largest absolute Gasteiger partial charge is 0.493 e. The maximum atomic E-state index is 12.8. The molecule has 0 unspecified atom stereocenters. The van der Waals surface area contributed by atoms with E-state index >= 15 is 0 Å². The second-order valence-electron chi connectivity index (χ2n) is 7.06. The summed E-state index contributed by atoms with van der Waals surface area (Å²) in [5, 5.41) is 3.02. The topological polar surface area (TPSA) is 83.1 Å². The van der Waals surface area contributed by atoms with Gasteiger partial charge in [0.25, 0.3) is 0 Å². The minimum Gasteiger partial charge on any atom is -0.493 e. The Morgan fingerprint density at radius 1 is 1.00 bits per heavy atom. The van der Waals surface area contributed by atoms with Crippen LogP contribution in [0.25, 0.3) is 11.1 Å². The predicted molar refractivity (Wildman–Crippen MR) is 118 cm³/mol. The second-order valence-corrected chi connectivity index (χ2v) is 7.06. The fraction of sp³-hybridized carbons (Fsp3) is 0.333.